The Hall–Kier alpha value is -2.47. The van der Waals surface area contributed by atoms with Gasteiger partial charge in [0.15, 0.2) is 0 Å². The van der Waals surface area contributed by atoms with Crippen molar-refractivity contribution in [3.63, 3.8) is 0 Å². The van der Waals surface area contributed by atoms with E-state index < -0.39 is 23.1 Å². The number of nitrogens with zero attached hydrogens (tertiary/aromatic N) is 1. The minimum absolute atomic E-state index is 0.0287. The number of amides is 1. The molecule has 1 aliphatic rings. The lowest BCUT2D eigenvalue weighted by molar-refractivity contribution is 0.101. The number of hydrogen-bond donors (Lipinski definition) is 1. The normalized spacial score (nSPS) is 14.5. The minimum atomic E-state index is -0.952. The average Bonchev–Trinajstić information content (AvgIpc) is 3.09. The number of halogens is 2. The highest BCUT2D eigenvalue weighted by molar-refractivity contribution is 6.05. The van der Waals surface area contributed by atoms with Crippen molar-refractivity contribution in [2.24, 2.45) is 0 Å². The molecule has 0 aromatic heterocycles. The number of benzene rings is 2. The van der Waals surface area contributed by atoms with Gasteiger partial charge in [-0.2, -0.15) is 0 Å². The van der Waals surface area contributed by atoms with Crippen molar-refractivity contribution in [2.45, 2.75) is 19.4 Å². The zero-order valence-electron chi connectivity index (χ0n) is 14.0. The number of rotatable bonds is 5. The van der Waals surface area contributed by atoms with Crippen molar-refractivity contribution in [3.05, 3.63) is 59.2 Å². The predicted molar refractivity (Wildman–Crippen MR) is 91.8 cm³/mol. The second kappa shape index (κ2) is 7.61. The summed E-state index contributed by atoms with van der Waals surface area (Å²) in [6.07, 6.45) is 2.33. The van der Waals surface area contributed by atoms with E-state index in [0.717, 1.165) is 43.6 Å². The van der Waals surface area contributed by atoms with Crippen LogP contribution in [0.3, 0.4) is 0 Å². The lowest BCUT2D eigenvalue weighted by Crippen LogP contribution is -2.21. The van der Waals surface area contributed by atoms with Crippen LogP contribution in [-0.4, -0.2) is 31.0 Å². The maximum atomic E-state index is 14.1. The summed E-state index contributed by atoms with van der Waals surface area (Å²) >= 11 is 0. The van der Waals surface area contributed by atoms with Crippen molar-refractivity contribution >= 4 is 11.6 Å². The molecule has 0 radical (unpaired) electrons. The fourth-order valence-electron chi connectivity index (χ4n) is 3.03. The molecule has 1 aliphatic heterocycles. The Morgan fingerprint density at radius 3 is 2.44 bits per heavy atom. The topological polar surface area (TPSA) is 41.6 Å². The van der Waals surface area contributed by atoms with Crippen LogP contribution in [-0.2, 0) is 6.54 Å². The Balaban J connectivity index is 1.82. The zero-order valence-corrected chi connectivity index (χ0v) is 14.0. The molecule has 1 heterocycles. The summed E-state index contributed by atoms with van der Waals surface area (Å²) in [5, 5.41) is 2.63. The lowest BCUT2D eigenvalue weighted by atomic mass is 10.1. The highest BCUT2D eigenvalue weighted by atomic mass is 19.1. The number of nitrogens with one attached hydrogen (secondary N) is 1. The average molecular weight is 346 g/mol. The SMILES string of the molecule is COc1cc(F)c(C(=O)Nc2ccccc2CN2CCCC2)c(F)c1. The number of methoxy groups -OCH3 is 1. The molecule has 2 aromatic rings. The summed E-state index contributed by atoms with van der Waals surface area (Å²) in [4.78, 5) is 14.7. The van der Waals surface area contributed by atoms with Crippen molar-refractivity contribution in [1.82, 2.24) is 4.90 Å². The van der Waals surface area contributed by atoms with E-state index in [9.17, 15) is 13.6 Å². The number of anilines is 1. The molecule has 3 rings (SSSR count). The van der Waals surface area contributed by atoms with Gasteiger partial charge in [-0.3, -0.25) is 9.69 Å². The van der Waals surface area contributed by atoms with Gasteiger partial charge in [0.2, 0.25) is 0 Å². The van der Waals surface area contributed by atoms with Crippen LogP contribution in [0.15, 0.2) is 36.4 Å². The van der Waals surface area contributed by atoms with Crippen LogP contribution >= 0.6 is 0 Å². The van der Waals surface area contributed by atoms with E-state index in [1.54, 1.807) is 12.1 Å². The number of hydrogen-bond acceptors (Lipinski definition) is 3. The molecule has 4 nitrogen and oxygen atoms in total. The summed E-state index contributed by atoms with van der Waals surface area (Å²) in [7, 11) is 1.31. The van der Waals surface area contributed by atoms with E-state index in [1.807, 2.05) is 12.1 Å². The second-order valence-corrected chi connectivity index (χ2v) is 6.06. The first kappa shape index (κ1) is 17.4. The van der Waals surface area contributed by atoms with Crippen LogP contribution < -0.4 is 10.1 Å². The molecule has 0 spiro atoms. The Labute approximate surface area is 145 Å². The second-order valence-electron chi connectivity index (χ2n) is 6.06. The molecule has 0 unspecified atom stereocenters. The summed E-state index contributed by atoms with van der Waals surface area (Å²) < 4.78 is 33.0. The molecule has 1 fully saturated rings. The molecule has 1 N–H and O–H groups in total. The third kappa shape index (κ3) is 3.96. The van der Waals surface area contributed by atoms with Crippen molar-refractivity contribution in [3.8, 4) is 5.75 Å². The molecule has 0 atom stereocenters. The van der Waals surface area contributed by atoms with Crippen molar-refractivity contribution in [2.75, 3.05) is 25.5 Å². The Bertz CT molecular complexity index is 751. The molecule has 1 saturated heterocycles. The van der Waals surface area contributed by atoms with Gasteiger partial charge in [-0.05, 0) is 37.6 Å². The van der Waals surface area contributed by atoms with Crippen LogP contribution in [0.5, 0.6) is 5.75 Å². The van der Waals surface area contributed by atoms with Gasteiger partial charge in [0, 0.05) is 24.4 Å². The van der Waals surface area contributed by atoms with Gasteiger partial charge in [-0.25, -0.2) is 8.78 Å². The summed E-state index contributed by atoms with van der Waals surface area (Å²) in [5.74, 6) is -2.69. The molecule has 0 bridgehead atoms. The number of likely N-dealkylation sites (tertiary alicyclic amines) is 1. The first-order valence-corrected chi connectivity index (χ1v) is 8.23. The smallest absolute Gasteiger partial charge is 0.261 e. The maximum Gasteiger partial charge on any atom is 0.261 e. The molecule has 0 saturated carbocycles. The molecular formula is C19H20F2N2O2. The molecule has 6 heteroatoms. The van der Waals surface area contributed by atoms with Crippen LogP contribution in [0.2, 0.25) is 0 Å². The van der Waals surface area contributed by atoms with Crippen LogP contribution in [0.25, 0.3) is 0 Å². The number of ether oxygens (including phenoxy) is 1. The van der Waals surface area contributed by atoms with E-state index in [1.165, 1.54) is 7.11 Å². The Morgan fingerprint density at radius 2 is 1.80 bits per heavy atom. The predicted octanol–water partition coefficient (Wildman–Crippen LogP) is 3.82. The van der Waals surface area contributed by atoms with Crippen molar-refractivity contribution in [1.29, 1.82) is 0 Å². The highest BCUT2D eigenvalue weighted by Gasteiger charge is 2.21. The monoisotopic (exact) mass is 346 g/mol. The van der Waals surface area contributed by atoms with Crippen LogP contribution in [0.1, 0.15) is 28.8 Å². The third-order valence-corrected chi connectivity index (χ3v) is 4.34. The Kier molecular flexibility index (Phi) is 5.28. The van der Waals surface area contributed by atoms with Gasteiger partial charge in [0.25, 0.3) is 5.91 Å². The molecule has 2 aromatic carbocycles. The maximum absolute atomic E-state index is 14.1. The van der Waals surface area contributed by atoms with Crippen molar-refractivity contribution < 1.29 is 18.3 Å². The van der Waals surface area contributed by atoms with Crippen LogP contribution in [0.4, 0.5) is 14.5 Å². The quantitative estimate of drug-likeness (QED) is 0.895. The largest absolute Gasteiger partial charge is 0.497 e. The number of carbonyl (C=O) groups excluding carboxylic acids is 1. The highest BCUT2D eigenvalue weighted by Crippen LogP contribution is 2.24. The first-order valence-electron chi connectivity index (χ1n) is 8.23. The van der Waals surface area contributed by atoms with E-state index >= 15 is 0 Å². The van der Waals surface area contributed by atoms with Gasteiger partial charge < -0.3 is 10.1 Å². The first-order chi connectivity index (χ1) is 12.1. The fourth-order valence-corrected chi connectivity index (χ4v) is 3.03. The number of carbonyl (C=O) groups is 1. The standard InChI is InChI=1S/C19H20F2N2O2/c1-25-14-10-15(20)18(16(21)11-14)19(24)22-17-7-3-2-6-13(17)12-23-8-4-5-9-23/h2-3,6-7,10-11H,4-5,8-9,12H2,1H3,(H,22,24). The van der Waals surface area contributed by atoms with Crippen LogP contribution in [0, 0.1) is 11.6 Å². The van der Waals surface area contributed by atoms with Gasteiger partial charge in [0.1, 0.15) is 22.9 Å². The van der Waals surface area contributed by atoms with E-state index in [-0.39, 0.29) is 5.75 Å². The zero-order chi connectivity index (χ0) is 17.8. The van der Waals surface area contributed by atoms with Gasteiger partial charge in [-0.15, -0.1) is 0 Å². The summed E-state index contributed by atoms with van der Waals surface area (Å²) in [6, 6.07) is 9.30. The van der Waals surface area contributed by atoms with E-state index in [4.69, 9.17) is 4.74 Å². The summed E-state index contributed by atoms with van der Waals surface area (Å²) in [5.41, 5.74) is 0.873. The fraction of sp³-hybridized carbons (Fsp3) is 0.316. The van der Waals surface area contributed by atoms with E-state index in [0.29, 0.717) is 12.2 Å². The number of para-hydroxylation sites is 1. The molecular weight excluding hydrogens is 326 g/mol. The molecule has 0 aliphatic carbocycles. The molecule has 1 amide bonds. The third-order valence-electron chi connectivity index (χ3n) is 4.34. The van der Waals surface area contributed by atoms with Gasteiger partial charge in [0.05, 0.1) is 7.11 Å². The van der Waals surface area contributed by atoms with E-state index in [2.05, 4.69) is 10.2 Å². The molecule has 25 heavy (non-hydrogen) atoms. The molecule has 132 valence electrons. The summed E-state index contributed by atoms with van der Waals surface area (Å²) in [6.45, 7) is 2.73. The van der Waals surface area contributed by atoms with Gasteiger partial charge in [-0.1, -0.05) is 18.2 Å². The van der Waals surface area contributed by atoms with Gasteiger partial charge >= 0.3 is 0 Å². The minimum Gasteiger partial charge on any atom is -0.497 e. The lowest BCUT2D eigenvalue weighted by Gasteiger charge is -2.18. The Morgan fingerprint density at radius 1 is 1.16 bits per heavy atom.